The maximum absolute atomic E-state index is 13.4. The summed E-state index contributed by atoms with van der Waals surface area (Å²) in [6.07, 6.45) is 0.802. The summed E-state index contributed by atoms with van der Waals surface area (Å²) < 4.78 is 27.4. The van der Waals surface area contributed by atoms with Crippen molar-refractivity contribution in [2.75, 3.05) is 18.4 Å². The molecule has 1 aromatic heterocycles. The average Bonchev–Trinajstić information content (AvgIpc) is 3.23. The van der Waals surface area contributed by atoms with E-state index in [1.165, 1.54) is 17.4 Å². The third-order valence-electron chi connectivity index (χ3n) is 4.32. The van der Waals surface area contributed by atoms with Crippen molar-refractivity contribution in [2.45, 2.75) is 12.5 Å². The Labute approximate surface area is 152 Å². The van der Waals surface area contributed by atoms with E-state index in [9.17, 15) is 13.6 Å². The summed E-state index contributed by atoms with van der Waals surface area (Å²) in [7, 11) is 0. The van der Waals surface area contributed by atoms with Gasteiger partial charge in [-0.25, -0.2) is 18.6 Å². The number of nitrogens with zero attached hydrogens (tertiary/aromatic N) is 2. The van der Waals surface area contributed by atoms with Crippen molar-refractivity contribution in [2.24, 2.45) is 5.73 Å². The van der Waals surface area contributed by atoms with Gasteiger partial charge in [-0.1, -0.05) is 0 Å². The number of benzene rings is 2. The van der Waals surface area contributed by atoms with Gasteiger partial charge in [0.05, 0.1) is 10.2 Å². The van der Waals surface area contributed by atoms with Gasteiger partial charge in [-0.05, 0) is 42.8 Å². The predicted octanol–water partition coefficient (Wildman–Crippen LogP) is 3.81. The molecule has 0 bridgehead atoms. The second-order valence-corrected chi connectivity index (χ2v) is 7.29. The van der Waals surface area contributed by atoms with Crippen molar-refractivity contribution >= 4 is 33.3 Å². The minimum absolute atomic E-state index is 0.0282. The van der Waals surface area contributed by atoms with Crippen molar-refractivity contribution < 1.29 is 13.6 Å². The number of thiazole rings is 1. The van der Waals surface area contributed by atoms with Gasteiger partial charge in [-0.15, -0.1) is 11.3 Å². The highest BCUT2D eigenvalue weighted by Crippen LogP contribution is 2.32. The molecule has 1 saturated heterocycles. The first-order chi connectivity index (χ1) is 12.5. The highest BCUT2D eigenvalue weighted by molar-refractivity contribution is 7.21. The van der Waals surface area contributed by atoms with E-state index in [0.29, 0.717) is 34.9 Å². The molecule has 2 heterocycles. The second kappa shape index (κ2) is 6.62. The van der Waals surface area contributed by atoms with E-state index < -0.39 is 11.6 Å². The van der Waals surface area contributed by atoms with Crippen LogP contribution in [-0.2, 0) is 0 Å². The third-order valence-corrected chi connectivity index (χ3v) is 5.40. The molecular formula is C18H16F2N4OS. The van der Waals surface area contributed by atoms with Crippen LogP contribution < -0.4 is 11.1 Å². The topological polar surface area (TPSA) is 71.2 Å². The third kappa shape index (κ3) is 3.25. The van der Waals surface area contributed by atoms with Crippen LogP contribution in [0.25, 0.3) is 20.8 Å². The maximum atomic E-state index is 13.4. The molecule has 2 amide bonds. The first-order valence-corrected chi connectivity index (χ1v) is 8.99. The van der Waals surface area contributed by atoms with Crippen LogP contribution in [0.15, 0.2) is 36.4 Å². The summed E-state index contributed by atoms with van der Waals surface area (Å²) in [4.78, 5) is 18.4. The number of halogens is 2. The molecule has 0 saturated carbocycles. The van der Waals surface area contributed by atoms with Crippen LogP contribution in [-0.4, -0.2) is 35.0 Å². The van der Waals surface area contributed by atoms with Crippen LogP contribution in [0.2, 0.25) is 0 Å². The van der Waals surface area contributed by atoms with Crippen molar-refractivity contribution in [3.8, 4) is 10.6 Å². The Morgan fingerprint density at radius 3 is 2.81 bits per heavy atom. The Balaban J connectivity index is 1.57. The maximum Gasteiger partial charge on any atom is 0.321 e. The molecule has 3 N–H and O–H groups in total. The highest BCUT2D eigenvalue weighted by Gasteiger charge is 2.23. The Morgan fingerprint density at radius 1 is 1.23 bits per heavy atom. The Morgan fingerprint density at radius 2 is 2.08 bits per heavy atom. The highest BCUT2D eigenvalue weighted by atomic mass is 32.1. The molecule has 8 heteroatoms. The minimum atomic E-state index is -0.904. The molecule has 1 aliphatic rings. The van der Waals surface area contributed by atoms with E-state index in [4.69, 9.17) is 5.73 Å². The van der Waals surface area contributed by atoms with Gasteiger partial charge in [0.25, 0.3) is 0 Å². The molecule has 1 unspecified atom stereocenters. The van der Waals surface area contributed by atoms with Crippen molar-refractivity contribution in [3.63, 3.8) is 0 Å². The number of amides is 2. The normalized spacial score (nSPS) is 17.0. The van der Waals surface area contributed by atoms with Crippen LogP contribution in [0.4, 0.5) is 19.3 Å². The molecule has 0 spiro atoms. The average molecular weight is 374 g/mol. The minimum Gasteiger partial charge on any atom is -0.326 e. The van der Waals surface area contributed by atoms with Crippen LogP contribution >= 0.6 is 11.3 Å². The lowest BCUT2D eigenvalue weighted by Crippen LogP contribution is -2.35. The van der Waals surface area contributed by atoms with Gasteiger partial charge >= 0.3 is 6.03 Å². The first-order valence-electron chi connectivity index (χ1n) is 8.17. The van der Waals surface area contributed by atoms with Crippen LogP contribution in [0.5, 0.6) is 0 Å². The van der Waals surface area contributed by atoms with Crippen molar-refractivity contribution in [3.05, 3.63) is 48.0 Å². The molecule has 26 heavy (non-hydrogen) atoms. The smallest absolute Gasteiger partial charge is 0.321 e. The Kier molecular flexibility index (Phi) is 4.29. The molecule has 5 nitrogen and oxygen atoms in total. The lowest BCUT2D eigenvalue weighted by atomic mass is 10.2. The van der Waals surface area contributed by atoms with E-state index in [1.807, 2.05) is 6.07 Å². The standard InChI is InChI=1S/C18H16F2N4OS/c19-13-3-1-10(7-14(13)20)17-23-15-8-12(2-4-16(15)26-17)22-18(25)24-6-5-11(21)9-24/h1-4,7-8,11H,5-6,9,21H2,(H,22,25). The molecule has 2 aromatic carbocycles. The fraction of sp³-hybridized carbons (Fsp3) is 0.222. The van der Waals surface area contributed by atoms with Crippen LogP contribution in [0.1, 0.15) is 6.42 Å². The summed E-state index contributed by atoms with van der Waals surface area (Å²) in [6.45, 7) is 1.19. The summed E-state index contributed by atoms with van der Waals surface area (Å²) in [5, 5.41) is 3.44. The van der Waals surface area contributed by atoms with Crippen LogP contribution in [0, 0.1) is 11.6 Å². The summed E-state index contributed by atoms with van der Waals surface area (Å²) >= 11 is 1.38. The van der Waals surface area contributed by atoms with Gasteiger partial charge in [-0.2, -0.15) is 0 Å². The quantitative estimate of drug-likeness (QED) is 0.717. The van der Waals surface area contributed by atoms with Gasteiger partial charge in [-0.3, -0.25) is 0 Å². The summed E-state index contributed by atoms with van der Waals surface area (Å²) in [5.41, 5.74) is 7.66. The van der Waals surface area contributed by atoms with E-state index in [0.717, 1.165) is 23.3 Å². The molecule has 3 aromatic rings. The number of fused-ring (bicyclic) bond motifs is 1. The lowest BCUT2D eigenvalue weighted by molar-refractivity contribution is 0.222. The van der Waals surface area contributed by atoms with E-state index >= 15 is 0 Å². The molecule has 1 atom stereocenters. The zero-order chi connectivity index (χ0) is 18.3. The fourth-order valence-electron chi connectivity index (χ4n) is 2.93. The number of carbonyl (C=O) groups excluding carboxylic acids is 1. The van der Waals surface area contributed by atoms with E-state index in [2.05, 4.69) is 10.3 Å². The van der Waals surface area contributed by atoms with Crippen LogP contribution in [0.3, 0.4) is 0 Å². The molecule has 1 aliphatic heterocycles. The summed E-state index contributed by atoms with van der Waals surface area (Å²) in [5.74, 6) is -1.79. The Bertz CT molecular complexity index is 990. The molecule has 4 rings (SSSR count). The molecular weight excluding hydrogens is 358 g/mol. The van der Waals surface area contributed by atoms with Crippen molar-refractivity contribution in [1.29, 1.82) is 0 Å². The van der Waals surface area contributed by atoms with Gasteiger partial charge in [0, 0.05) is 30.4 Å². The molecule has 0 radical (unpaired) electrons. The first kappa shape index (κ1) is 16.9. The number of urea groups is 1. The number of rotatable bonds is 2. The number of likely N-dealkylation sites (tertiary alicyclic amines) is 1. The van der Waals surface area contributed by atoms with Gasteiger partial charge in [0.2, 0.25) is 0 Å². The molecule has 134 valence electrons. The van der Waals surface area contributed by atoms with E-state index in [-0.39, 0.29) is 12.1 Å². The number of carbonyl (C=O) groups is 1. The second-order valence-electron chi connectivity index (χ2n) is 6.26. The largest absolute Gasteiger partial charge is 0.326 e. The van der Waals surface area contributed by atoms with Gasteiger partial charge in [0.15, 0.2) is 11.6 Å². The monoisotopic (exact) mass is 374 g/mol. The van der Waals surface area contributed by atoms with Gasteiger partial charge in [0.1, 0.15) is 5.01 Å². The SMILES string of the molecule is NC1CCN(C(=O)Nc2ccc3sc(-c4ccc(F)c(F)c4)nc3c2)C1. The predicted molar refractivity (Wildman–Crippen MR) is 98.2 cm³/mol. The van der Waals surface area contributed by atoms with E-state index in [1.54, 1.807) is 17.0 Å². The zero-order valence-electron chi connectivity index (χ0n) is 13.7. The summed E-state index contributed by atoms with van der Waals surface area (Å²) in [6, 6.07) is 8.97. The number of aromatic nitrogens is 1. The number of nitrogens with two attached hydrogens (primary N) is 1. The molecule has 1 fully saturated rings. The Hall–Kier alpha value is -2.58. The van der Waals surface area contributed by atoms with Crippen molar-refractivity contribution in [1.82, 2.24) is 9.88 Å². The zero-order valence-corrected chi connectivity index (χ0v) is 14.5. The lowest BCUT2D eigenvalue weighted by Gasteiger charge is -2.16. The number of anilines is 1. The number of nitrogens with one attached hydrogen (secondary N) is 1. The fourth-order valence-corrected chi connectivity index (χ4v) is 3.87. The number of hydrogen-bond acceptors (Lipinski definition) is 4. The van der Waals surface area contributed by atoms with Gasteiger partial charge < -0.3 is 16.0 Å². The number of hydrogen-bond donors (Lipinski definition) is 2. The molecule has 0 aliphatic carbocycles.